The zero-order chi connectivity index (χ0) is 16.6. The van der Waals surface area contributed by atoms with E-state index >= 15 is 0 Å². The van der Waals surface area contributed by atoms with Crippen molar-refractivity contribution in [2.75, 3.05) is 18.4 Å². The molecule has 1 amide bonds. The highest BCUT2D eigenvalue weighted by atomic mass is 19.3. The Hall–Kier alpha value is -2.77. The van der Waals surface area contributed by atoms with Crippen molar-refractivity contribution in [3.63, 3.8) is 0 Å². The van der Waals surface area contributed by atoms with Crippen molar-refractivity contribution in [1.82, 2.24) is 10.2 Å². The number of aliphatic imine (C=N–C) groups is 1. The summed E-state index contributed by atoms with van der Waals surface area (Å²) in [5, 5.41) is 13.3. The molecule has 120 valence electrons. The van der Waals surface area contributed by atoms with Gasteiger partial charge in [-0.05, 0) is 18.6 Å². The third-order valence-electron chi connectivity index (χ3n) is 3.60. The maximum Gasteiger partial charge on any atom is 0.282 e. The van der Waals surface area contributed by atoms with E-state index in [1.165, 1.54) is 11.1 Å². The Kier molecular flexibility index (Phi) is 3.59. The Bertz CT molecular complexity index is 733. The number of carbonyl (C=O) groups is 1. The molecule has 1 fully saturated rings. The molecule has 0 atom stereocenters. The predicted octanol–water partition coefficient (Wildman–Crippen LogP) is 1.70. The van der Waals surface area contributed by atoms with Crippen LogP contribution < -0.4 is 10.6 Å². The lowest BCUT2D eigenvalue weighted by Gasteiger charge is -2.41. The first kappa shape index (κ1) is 15.1. The van der Waals surface area contributed by atoms with E-state index in [2.05, 4.69) is 15.6 Å². The molecule has 1 aromatic carbocycles. The summed E-state index contributed by atoms with van der Waals surface area (Å²) in [6, 6.07) is 7.49. The molecule has 0 spiro atoms. The van der Waals surface area contributed by atoms with Crippen molar-refractivity contribution >= 4 is 23.4 Å². The maximum atomic E-state index is 12.9. The number of halogens is 2. The topological polar surface area (TPSA) is 80.6 Å². The quantitative estimate of drug-likeness (QED) is 0.726. The van der Waals surface area contributed by atoms with Crippen LogP contribution in [0.3, 0.4) is 0 Å². The van der Waals surface area contributed by atoms with E-state index in [1.807, 2.05) is 31.2 Å². The first-order valence-electron chi connectivity index (χ1n) is 7.00. The number of carbonyl (C=O) groups excluding carboxylic acids is 1. The first-order chi connectivity index (χ1) is 10.9. The average Bonchev–Trinajstić information content (AvgIpc) is 2.45. The van der Waals surface area contributed by atoms with Crippen LogP contribution in [-0.4, -0.2) is 41.6 Å². The van der Waals surface area contributed by atoms with Crippen molar-refractivity contribution in [3.05, 3.63) is 41.6 Å². The number of anilines is 1. The minimum atomic E-state index is -2.77. The molecule has 0 unspecified atom stereocenters. The van der Waals surface area contributed by atoms with E-state index in [-0.39, 0.29) is 17.4 Å². The van der Waals surface area contributed by atoms with Crippen molar-refractivity contribution in [2.24, 2.45) is 4.99 Å². The SMILES string of the molecule is Cc1ccccc1N/C=C1\C(=N)N=C(N2CC(F)(F)C2)NC1=O. The number of benzene rings is 1. The number of nitrogens with one attached hydrogen (secondary N) is 3. The lowest BCUT2D eigenvalue weighted by atomic mass is 10.1. The van der Waals surface area contributed by atoms with Gasteiger partial charge in [0.05, 0.1) is 18.7 Å². The fourth-order valence-corrected chi connectivity index (χ4v) is 2.30. The van der Waals surface area contributed by atoms with Crippen molar-refractivity contribution in [1.29, 1.82) is 5.41 Å². The highest BCUT2D eigenvalue weighted by Crippen LogP contribution is 2.27. The molecule has 0 aliphatic carbocycles. The molecule has 23 heavy (non-hydrogen) atoms. The van der Waals surface area contributed by atoms with Gasteiger partial charge >= 0.3 is 0 Å². The second-order valence-electron chi connectivity index (χ2n) is 5.47. The number of aryl methyl sites for hydroxylation is 1. The van der Waals surface area contributed by atoms with E-state index in [0.29, 0.717) is 0 Å². The summed E-state index contributed by atoms with van der Waals surface area (Å²) < 4.78 is 25.8. The highest BCUT2D eigenvalue weighted by Gasteiger charge is 2.46. The van der Waals surface area contributed by atoms with Gasteiger partial charge in [0, 0.05) is 11.9 Å². The van der Waals surface area contributed by atoms with E-state index in [9.17, 15) is 13.6 Å². The fraction of sp³-hybridized carbons (Fsp3) is 0.267. The molecule has 1 aromatic rings. The van der Waals surface area contributed by atoms with Crippen molar-refractivity contribution in [3.8, 4) is 0 Å². The zero-order valence-electron chi connectivity index (χ0n) is 12.4. The van der Waals surface area contributed by atoms with Gasteiger partial charge < -0.3 is 10.2 Å². The molecule has 0 aromatic heterocycles. The molecule has 0 bridgehead atoms. The molecule has 2 heterocycles. The number of amidine groups is 1. The monoisotopic (exact) mass is 319 g/mol. The number of guanidine groups is 1. The lowest BCUT2D eigenvalue weighted by molar-refractivity contribution is -0.118. The Morgan fingerprint density at radius 3 is 2.70 bits per heavy atom. The van der Waals surface area contributed by atoms with Crippen LogP contribution in [0.25, 0.3) is 0 Å². The number of para-hydroxylation sites is 1. The highest BCUT2D eigenvalue weighted by molar-refractivity contribution is 6.28. The van der Waals surface area contributed by atoms with Crippen LogP contribution in [0.4, 0.5) is 14.5 Å². The lowest BCUT2D eigenvalue weighted by Crippen LogP contribution is -2.63. The summed E-state index contributed by atoms with van der Waals surface area (Å²) in [4.78, 5) is 17.2. The normalized spacial score (nSPS) is 21.6. The molecular formula is C15H15F2N5O. The van der Waals surface area contributed by atoms with E-state index in [4.69, 9.17) is 5.41 Å². The van der Waals surface area contributed by atoms with Gasteiger partial charge in [0.15, 0.2) is 5.84 Å². The molecule has 6 nitrogen and oxygen atoms in total. The largest absolute Gasteiger partial charge is 0.361 e. The Balaban J connectivity index is 1.74. The van der Waals surface area contributed by atoms with Crippen LogP contribution in [0.5, 0.6) is 0 Å². The maximum absolute atomic E-state index is 12.9. The molecule has 2 aliphatic heterocycles. The Morgan fingerprint density at radius 2 is 2.09 bits per heavy atom. The third-order valence-corrected chi connectivity index (χ3v) is 3.60. The number of hydrogen-bond donors (Lipinski definition) is 3. The van der Waals surface area contributed by atoms with Crippen LogP contribution in [0.15, 0.2) is 41.0 Å². The second-order valence-corrected chi connectivity index (χ2v) is 5.47. The van der Waals surface area contributed by atoms with Gasteiger partial charge in [-0.1, -0.05) is 18.2 Å². The zero-order valence-corrected chi connectivity index (χ0v) is 12.4. The standard InChI is InChI=1S/C15H15F2N5O/c1-9-4-2-3-5-11(9)19-6-10-12(18)20-14(21-13(10)23)22-7-15(16,17)8-22/h2-6,19H,7-8H2,1H3,(H2,18,20,21,23)/b10-6+. The van der Waals surface area contributed by atoms with Gasteiger partial charge in [-0.15, -0.1) is 0 Å². The summed E-state index contributed by atoms with van der Waals surface area (Å²) >= 11 is 0. The average molecular weight is 319 g/mol. The van der Waals surface area contributed by atoms with Crippen LogP contribution in [0.2, 0.25) is 0 Å². The number of amides is 1. The number of nitrogens with zero attached hydrogens (tertiary/aromatic N) is 2. The minimum absolute atomic E-state index is 0.000957. The van der Waals surface area contributed by atoms with Gasteiger partial charge in [-0.3, -0.25) is 15.5 Å². The summed E-state index contributed by atoms with van der Waals surface area (Å²) in [6.45, 7) is 0.910. The summed E-state index contributed by atoms with van der Waals surface area (Å²) in [7, 11) is 0. The minimum Gasteiger partial charge on any atom is -0.361 e. The van der Waals surface area contributed by atoms with E-state index < -0.39 is 24.9 Å². The van der Waals surface area contributed by atoms with Gasteiger partial charge in [0.2, 0.25) is 5.96 Å². The Labute approximate surface area is 131 Å². The number of hydrogen-bond acceptors (Lipinski definition) is 4. The number of likely N-dealkylation sites (tertiary alicyclic amines) is 1. The molecular weight excluding hydrogens is 304 g/mol. The first-order valence-corrected chi connectivity index (χ1v) is 7.00. The number of rotatable bonds is 2. The molecule has 8 heteroatoms. The van der Waals surface area contributed by atoms with Crippen LogP contribution in [0.1, 0.15) is 5.56 Å². The number of alkyl halides is 2. The van der Waals surface area contributed by atoms with Crippen molar-refractivity contribution in [2.45, 2.75) is 12.8 Å². The van der Waals surface area contributed by atoms with E-state index in [1.54, 1.807) is 0 Å². The van der Waals surface area contributed by atoms with Gasteiger partial charge in [-0.2, -0.15) is 4.99 Å². The summed E-state index contributed by atoms with van der Waals surface area (Å²) in [5.74, 6) is -3.58. The molecule has 1 saturated heterocycles. The van der Waals surface area contributed by atoms with Crippen LogP contribution in [-0.2, 0) is 4.79 Å². The Morgan fingerprint density at radius 1 is 1.39 bits per heavy atom. The van der Waals surface area contributed by atoms with Crippen molar-refractivity contribution < 1.29 is 13.6 Å². The van der Waals surface area contributed by atoms with Gasteiger partial charge in [-0.25, -0.2) is 8.78 Å². The molecule has 0 saturated carbocycles. The molecule has 3 N–H and O–H groups in total. The molecule has 0 radical (unpaired) electrons. The van der Waals surface area contributed by atoms with Crippen LogP contribution >= 0.6 is 0 Å². The smallest absolute Gasteiger partial charge is 0.282 e. The predicted molar refractivity (Wildman–Crippen MR) is 82.7 cm³/mol. The fourth-order valence-electron chi connectivity index (χ4n) is 2.30. The summed E-state index contributed by atoms with van der Waals surface area (Å²) in [5.41, 5.74) is 1.83. The third kappa shape index (κ3) is 3.05. The summed E-state index contributed by atoms with van der Waals surface area (Å²) in [6.07, 6.45) is 1.39. The van der Waals surface area contributed by atoms with Gasteiger partial charge in [0.1, 0.15) is 0 Å². The molecule has 3 rings (SSSR count). The van der Waals surface area contributed by atoms with Gasteiger partial charge in [0.25, 0.3) is 11.8 Å². The second kappa shape index (κ2) is 5.45. The van der Waals surface area contributed by atoms with Crippen LogP contribution in [0, 0.1) is 12.3 Å². The molecule has 2 aliphatic rings. The van der Waals surface area contributed by atoms with E-state index in [0.717, 1.165) is 11.3 Å².